The van der Waals surface area contributed by atoms with Crippen LogP contribution in [0.1, 0.15) is 33.2 Å². The second kappa shape index (κ2) is 7.97. The van der Waals surface area contributed by atoms with Crippen molar-refractivity contribution in [2.45, 2.75) is 19.5 Å². The molecule has 0 spiro atoms. The molecule has 0 N–H and O–H groups in total. The van der Waals surface area contributed by atoms with Crippen molar-refractivity contribution in [3.63, 3.8) is 0 Å². The minimum Gasteiger partial charge on any atom is -0.338 e. The maximum atomic E-state index is 13.0. The van der Waals surface area contributed by atoms with E-state index in [0.29, 0.717) is 29.2 Å². The van der Waals surface area contributed by atoms with Crippen molar-refractivity contribution in [2.75, 3.05) is 26.2 Å². The van der Waals surface area contributed by atoms with Gasteiger partial charge in [-0.3, -0.25) is 24.2 Å². The Labute approximate surface area is 174 Å². The van der Waals surface area contributed by atoms with E-state index in [0.717, 1.165) is 24.5 Å². The number of halogens is 1. The average Bonchev–Trinajstić information content (AvgIpc) is 3.00. The van der Waals surface area contributed by atoms with Gasteiger partial charge in [-0.2, -0.15) is 0 Å². The topological polar surface area (TPSA) is 60.9 Å². The van der Waals surface area contributed by atoms with Crippen LogP contribution in [0.15, 0.2) is 48.5 Å². The second-order valence-corrected chi connectivity index (χ2v) is 7.87. The highest BCUT2D eigenvalue weighted by atomic mass is 35.5. The lowest BCUT2D eigenvalue weighted by Gasteiger charge is -2.37. The van der Waals surface area contributed by atoms with E-state index in [1.54, 1.807) is 36.1 Å². The van der Waals surface area contributed by atoms with Crippen molar-refractivity contribution in [3.8, 4) is 0 Å². The van der Waals surface area contributed by atoms with E-state index < -0.39 is 17.9 Å². The van der Waals surface area contributed by atoms with Gasteiger partial charge in [0, 0.05) is 37.7 Å². The molecule has 1 atom stereocenters. The molecule has 2 aromatic carbocycles. The molecule has 0 saturated carbocycles. The van der Waals surface area contributed by atoms with Gasteiger partial charge in [0.1, 0.15) is 6.04 Å². The molecule has 0 aromatic heterocycles. The first-order valence-electron chi connectivity index (χ1n) is 9.68. The minimum absolute atomic E-state index is 0.189. The Kier molecular flexibility index (Phi) is 5.39. The van der Waals surface area contributed by atoms with Crippen LogP contribution in [0, 0.1) is 0 Å². The van der Waals surface area contributed by atoms with Crippen LogP contribution in [0.4, 0.5) is 0 Å². The number of nitrogens with zero attached hydrogens (tertiary/aromatic N) is 3. The maximum absolute atomic E-state index is 13.0. The summed E-state index contributed by atoms with van der Waals surface area (Å²) in [6.07, 6.45) is 0. The lowest BCUT2D eigenvalue weighted by molar-refractivity contribution is -0.136. The molecule has 7 heteroatoms. The lowest BCUT2D eigenvalue weighted by atomic mass is 10.1. The van der Waals surface area contributed by atoms with Crippen LogP contribution in [0.3, 0.4) is 0 Å². The van der Waals surface area contributed by atoms with Gasteiger partial charge in [-0.15, -0.1) is 0 Å². The summed E-state index contributed by atoms with van der Waals surface area (Å²) in [6.45, 7) is 5.05. The fourth-order valence-corrected chi connectivity index (χ4v) is 4.03. The fourth-order valence-electron chi connectivity index (χ4n) is 3.91. The Morgan fingerprint density at radius 2 is 1.48 bits per heavy atom. The molecule has 2 aromatic rings. The Morgan fingerprint density at radius 3 is 2.03 bits per heavy atom. The van der Waals surface area contributed by atoms with Gasteiger partial charge in [0.25, 0.3) is 11.8 Å². The van der Waals surface area contributed by atoms with E-state index in [-0.39, 0.29) is 5.91 Å². The van der Waals surface area contributed by atoms with Crippen LogP contribution in [0.5, 0.6) is 0 Å². The predicted molar refractivity (Wildman–Crippen MR) is 110 cm³/mol. The summed E-state index contributed by atoms with van der Waals surface area (Å²) in [5, 5.41) is 0.714. The van der Waals surface area contributed by atoms with Gasteiger partial charge >= 0.3 is 0 Å². The quantitative estimate of drug-likeness (QED) is 0.726. The Balaban J connectivity index is 1.37. The maximum Gasteiger partial charge on any atom is 0.262 e. The van der Waals surface area contributed by atoms with Gasteiger partial charge in [-0.25, -0.2) is 0 Å². The average molecular weight is 412 g/mol. The Hall–Kier alpha value is -2.70. The number of fused-ring (bicyclic) bond motifs is 1. The number of benzene rings is 2. The third kappa shape index (κ3) is 3.78. The van der Waals surface area contributed by atoms with Gasteiger partial charge < -0.3 is 4.90 Å². The number of carbonyl (C=O) groups excluding carboxylic acids is 3. The van der Waals surface area contributed by atoms with Crippen molar-refractivity contribution in [1.82, 2.24) is 14.7 Å². The molecule has 0 unspecified atom stereocenters. The molecule has 2 aliphatic heterocycles. The number of piperazine rings is 1. The Morgan fingerprint density at radius 1 is 0.931 bits per heavy atom. The molecule has 29 heavy (non-hydrogen) atoms. The third-order valence-corrected chi connectivity index (χ3v) is 5.83. The molecule has 0 radical (unpaired) electrons. The standard InChI is InChI=1S/C22H22ClN3O3/c1-15(26-21(28)18-4-2-3-5-19(18)22(26)29)20(27)25-12-10-24(11-13-25)14-16-6-8-17(23)9-7-16/h2-9,15H,10-14H2,1H3/t15-/m1/s1. The van der Waals surface area contributed by atoms with E-state index in [9.17, 15) is 14.4 Å². The summed E-state index contributed by atoms with van der Waals surface area (Å²) >= 11 is 5.93. The molecule has 1 saturated heterocycles. The van der Waals surface area contributed by atoms with Crippen molar-refractivity contribution in [2.24, 2.45) is 0 Å². The number of carbonyl (C=O) groups is 3. The van der Waals surface area contributed by atoms with Gasteiger partial charge in [0.2, 0.25) is 5.91 Å². The first kappa shape index (κ1) is 19.6. The number of hydrogen-bond donors (Lipinski definition) is 0. The zero-order chi connectivity index (χ0) is 20.5. The van der Waals surface area contributed by atoms with Gasteiger partial charge in [-0.1, -0.05) is 35.9 Å². The largest absolute Gasteiger partial charge is 0.338 e. The van der Waals surface area contributed by atoms with Crippen LogP contribution in [0.25, 0.3) is 0 Å². The first-order chi connectivity index (χ1) is 14.0. The second-order valence-electron chi connectivity index (χ2n) is 7.43. The smallest absolute Gasteiger partial charge is 0.262 e. The highest BCUT2D eigenvalue weighted by molar-refractivity contribution is 6.30. The summed E-state index contributed by atoms with van der Waals surface area (Å²) in [4.78, 5) is 43.4. The normalized spacial score (nSPS) is 18.1. The summed E-state index contributed by atoms with van der Waals surface area (Å²) in [7, 11) is 0. The van der Waals surface area contributed by atoms with E-state index in [1.807, 2.05) is 24.3 Å². The van der Waals surface area contributed by atoms with E-state index in [1.165, 1.54) is 5.56 Å². The zero-order valence-corrected chi connectivity index (χ0v) is 16.9. The predicted octanol–water partition coefficient (Wildman–Crippen LogP) is 2.67. The third-order valence-electron chi connectivity index (χ3n) is 5.57. The fraction of sp³-hybridized carbons (Fsp3) is 0.318. The molecule has 0 aliphatic carbocycles. The Bertz CT molecular complexity index is 917. The van der Waals surface area contributed by atoms with Crippen molar-refractivity contribution >= 4 is 29.3 Å². The lowest BCUT2D eigenvalue weighted by Crippen LogP contribution is -2.55. The van der Waals surface area contributed by atoms with Crippen LogP contribution < -0.4 is 0 Å². The van der Waals surface area contributed by atoms with E-state index in [4.69, 9.17) is 11.6 Å². The zero-order valence-electron chi connectivity index (χ0n) is 16.2. The molecule has 6 nitrogen and oxygen atoms in total. The van der Waals surface area contributed by atoms with Gasteiger partial charge in [-0.05, 0) is 36.8 Å². The van der Waals surface area contributed by atoms with Gasteiger partial charge in [0.05, 0.1) is 11.1 Å². The van der Waals surface area contributed by atoms with E-state index in [2.05, 4.69) is 4.90 Å². The summed E-state index contributed by atoms with van der Waals surface area (Å²) in [5.74, 6) is -0.980. The minimum atomic E-state index is -0.815. The van der Waals surface area contributed by atoms with Crippen molar-refractivity contribution < 1.29 is 14.4 Å². The molecule has 2 heterocycles. The van der Waals surface area contributed by atoms with Crippen LogP contribution >= 0.6 is 11.6 Å². The molecule has 4 rings (SSSR count). The molecular weight excluding hydrogens is 390 g/mol. The van der Waals surface area contributed by atoms with Crippen molar-refractivity contribution in [1.29, 1.82) is 0 Å². The first-order valence-corrected chi connectivity index (χ1v) is 10.1. The molecule has 3 amide bonds. The van der Waals surface area contributed by atoms with Gasteiger partial charge in [0.15, 0.2) is 0 Å². The monoisotopic (exact) mass is 411 g/mol. The van der Waals surface area contributed by atoms with Crippen molar-refractivity contribution in [3.05, 3.63) is 70.2 Å². The molecule has 1 fully saturated rings. The summed E-state index contributed by atoms with van der Waals surface area (Å²) in [6, 6.07) is 13.6. The van der Waals surface area contributed by atoms with Crippen LogP contribution in [-0.2, 0) is 11.3 Å². The highest BCUT2D eigenvalue weighted by Crippen LogP contribution is 2.25. The molecule has 0 bridgehead atoms. The number of amides is 3. The number of imide groups is 1. The van der Waals surface area contributed by atoms with Crippen LogP contribution in [0.2, 0.25) is 5.02 Å². The van der Waals surface area contributed by atoms with Crippen LogP contribution in [-0.4, -0.2) is 64.6 Å². The molecular formula is C22H22ClN3O3. The summed E-state index contributed by atoms with van der Waals surface area (Å²) < 4.78 is 0. The van der Waals surface area contributed by atoms with E-state index >= 15 is 0 Å². The number of hydrogen-bond acceptors (Lipinski definition) is 4. The number of rotatable bonds is 4. The molecule has 2 aliphatic rings. The highest BCUT2D eigenvalue weighted by Gasteiger charge is 2.42. The summed E-state index contributed by atoms with van der Waals surface area (Å²) in [5.41, 5.74) is 1.91. The SMILES string of the molecule is C[C@H](C(=O)N1CCN(Cc2ccc(Cl)cc2)CC1)N1C(=O)c2ccccc2C1=O. The molecule has 150 valence electrons.